The van der Waals surface area contributed by atoms with Crippen molar-refractivity contribution in [3.63, 3.8) is 0 Å². The first-order valence-electron chi connectivity index (χ1n) is 7.51. The molecule has 1 unspecified atom stereocenters. The molecule has 2 N–H and O–H groups in total. The van der Waals surface area contributed by atoms with Gasteiger partial charge >= 0.3 is 0 Å². The molecule has 0 aromatic carbocycles. The highest BCUT2D eigenvalue weighted by Crippen LogP contribution is 2.41. The number of likely N-dealkylation sites (tertiary alicyclic amines) is 1. The van der Waals surface area contributed by atoms with Crippen LogP contribution >= 0.6 is 0 Å². The van der Waals surface area contributed by atoms with Crippen LogP contribution in [-0.4, -0.2) is 39.7 Å². The molecule has 0 radical (unpaired) electrons. The van der Waals surface area contributed by atoms with Crippen molar-refractivity contribution in [2.75, 3.05) is 13.1 Å². The fourth-order valence-electron chi connectivity index (χ4n) is 2.84. The van der Waals surface area contributed by atoms with E-state index in [9.17, 15) is 4.79 Å². The van der Waals surface area contributed by atoms with Gasteiger partial charge in [-0.2, -0.15) is 5.10 Å². The Morgan fingerprint density at radius 3 is 2.55 bits per heavy atom. The fourth-order valence-corrected chi connectivity index (χ4v) is 2.84. The molecule has 1 saturated heterocycles. The molecular formula is C15H24N4O. The second kappa shape index (κ2) is 4.58. The standard InChI is InChI=1S/C15H24N4O/c1-15(2,3)19-13(10-4-5-10)8-12(17-19)14(20)18-7-6-11(16)9-18/h8,10-11H,4-7,9,16H2,1-3H3. The number of rotatable bonds is 2. The first-order valence-corrected chi connectivity index (χ1v) is 7.51. The fraction of sp³-hybridized carbons (Fsp3) is 0.733. The molecule has 0 spiro atoms. The van der Waals surface area contributed by atoms with Gasteiger partial charge in [-0.05, 0) is 46.1 Å². The van der Waals surface area contributed by atoms with Crippen LogP contribution in [0, 0.1) is 0 Å². The second-order valence-electron chi connectivity index (χ2n) is 7.11. The Morgan fingerprint density at radius 1 is 1.35 bits per heavy atom. The monoisotopic (exact) mass is 276 g/mol. The molecule has 1 saturated carbocycles. The maximum atomic E-state index is 12.5. The maximum absolute atomic E-state index is 12.5. The minimum absolute atomic E-state index is 0.0304. The van der Waals surface area contributed by atoms with Gasteiger partial charge in [-0.15, -0.1) is 0 Å². The van der Waals surface area contributed by atoms with E-state index >= 15 is 0 Å². The van der Waals surface area contributed by atoms with Crippen LogP contribution in [-0.2, 0) is 5.54 Å². The lowest BCUT2D eigenvalue weighted by atomic mass is 10.1. The largest absolute Gasteiger partial charge is 0.336 e. The smallest absolute Gasteiger partial charge is 0.274 e. The van der Waals surface area contributed by atoms with Crippen molar-refractivity contribution in [3.05, 3.63) is 17.5 Å². The normalized spacial score (nSPS) is 23.4. The third kappa shape index (κ3) is 2.46. The van der Waals surface area contributed by atoms with Gasteiger partial charge in [0.05, 0.1) is 5.54 Å². The summed E-state index contributed by atoms with van der Waals surface area (Å²) in [5.41, 5.74) is 7.59. The lowest BCUT2D eigenvalue weighted by Crippen LogP contribution is -2.32. The van der Waals surface area contributed by atoms with Gasteiger partial charge in [0, 0.05) is 30.7 Å². The Labute approximate surface area is 120 Å². The molecule has 2 aliphatic rings. The van der Waals surface area contributed by atoms with E-state index in [-0.39, 0.29) is 17.5 Å². The van der Waals surface area contributed by atoms with Crippen molar-refractivity contribution in [2.24, 2.45) is 5.73 Å². The summed E-state index contributed by atoms with van der Waals surface area (Å²) in [5, 5.41) is 4.60. The molecule has 1 aromatic rings. The van der Waals surface area contributed by atoms with Gasteiger partial charge < -0.3 is 10.6 Å². The molecule has 1 aliphatic heterocycles. The Balaban J connectivity index is 1.88. The summed E-state index contributed by atoms with van der Waals surface area (Å²) in [6, 6.07) is 2.11. The van der Waals surface area contributed by atoms with Crippen molar-refractivity contribution < 1.29 is 4.79 Å². The Bertz CT molecular complexity index is 524. The predicted octanol–water partition coefficient (Wildman–Crippen LogP) is 1.69. The van der Waals surface area contributed by atoms with E-state index in [2.05, 4.69) is 25.9 Å². The average Bonchev–Trinajstić information content (AvgIpc) is 2.95. The zero-order valence-corrected chi connectivity index (χ0v) is 12.6. The first kappa shape index (κ1) is 13.6. The van der Waals surface area contributed by atoms with Crippen LogP contribution in [0.3, 0.4) is 0 Å². The van der Waals surface area contributed by atoms with Gasteiger partial charge in [0.15, 0.2) is 5.69 Å². The molecule has 110 valence electrons. The minimum Gasteiger partial charge on any atom is -0.336 e. The molecule has 1 atom stereocenters. The zero-order valence-electron chi connectivity index (χ0n) is 12.6. The van der Waals surface area contributed by atoms with Crippen molar-refractivity contribution in [1.29, 1.82) is 0 Å². The van der Waals surface area contributed by atoms with Crippen molar-refractivity contribution in [1.82, 2.24) is 14.7 Å². The quantitative estimate of drug-likeness (QED) is 0.894. The molecule has 5 heteroatoms. The Morgan fingerprint density at radius 2 is 2.05 bits per heavy atom. The number of nitrogens with two attached hydrogens (primary N) is 1. The number of carbonyl (C=O) groups excluding carboxylic acids is 1. The van der Waals surface area contributed by atoms with Gasteiger partial charge in [0.1, 0.15) is 0 Å². The third-order valence-corrected chi connectivity index (χ3v) is 4.10. The van der Waals surface area contributed by atoms with E-state index in [1.54, 1.807) is 0 Å². The van der Waals surface area contributed by atoms with E-state index < -0.39 is 0 Å². The van der Waals surface area contributed by atoms with E-state index in [4.69, 9.17) is 5.73 Å². The van der Waals surface area contributed by atoms with Crippen LogP contribution in [0.5, 0.6) is 0 Å². The number of aromatic nitrogens is 2. The molecule has 1 amide bonds. The molecule has 3 rings (SSSR count). The van der Waals surface area contributed by atoms with Crippen LogP contribution in [0.4, 0.5) is 0 Å². The highest BCUT2D eigenvalue weighted by molar-refractivity contribution is 5.92. The molecular weight excluding hydrogens is 252 g/mol. The summed E-state index contributed by atoms with van der Waals surface area (Å²) in [6.07, 6.45) is 3.31. The lowest BCUT2D eigenvalue weighted by Gasteiger charge is -2.22. The topological polar surface area (TPSA) is 64.2 Å². The predicted molar refractivity (Wildman–Crippen MR) is 77.7 cm³/mol. The summed E-state index contributed by atoms with van der Waals surface area (Å²) < 4.78 is 2.04. The van der Waals surface area contributed by atoms with Gasteiger partial charge in [-0.25, -0.2) is 0 Å². The van der Waals surface area contributed by atoms with Crippen LogP contribution in [0.25, 0.3) is 0 Å². The molecule has 0 bridgehead atoms. The summed E-state index contributed by atoms with van der Waals surface area (Å²) >= 11 is 0. The summed E-state index contributed by atoms with van der Waals surface area (Å²) in [4.78, 5) is 14.4. The SMILES string of the molecule is CC(C)(C)n1nc(C(=O)N2CCC(N)C2)cc1C1CC1. The van der Waals surface area contributed by atoms with Crippen molar-refractivity contribution in [2.45, 2.75) is 57.5 Å². The average molecular weight is 276 g/mol. The Kier molecular flexibility index (Phi) is 3.12. The van der Waals surface area contributed by atoms with Crippen LogP contribution < -0.4 is 5.73 Å². The van der Waals surface area contributed by atoms with Crippen molar-refractivity contribution in [3.8, 4) is 0 Å². The van der Waals surface area contributed by atoms with Gasteiger partial charge in [0.2, 0.25) is 0 Å². The maximum Gasteiger partial charge on any atom is 0.274 e. The second-order valence-corrected chi connectivity index (χ2v) is 7.11. The number of nitrogens with zero attached hydrogens (tertiary/aromatic N) is 3. The number of hydrogen-bond donors (Lipinski definition) is 1. The number of hydrogen-bond acceptors (Lipinski definition) is 3. The van der Waals surface area contributed by atoms with Crippen LogP contribution in [0.1, 0.15) is 62.1 Å². The van der Waals surface area contributed by atoms with E-state index in [1.165, 1.54) is 18.5 Å². The lowest BCUT2D eigenvalue weighted by molar-refractivity contribution is 0.0783. The molecule has 20 heavy (non-hydrogen) atoms. The van der Waals surface area contributed by atoms with E-state index in [1.807, 2.05) is 15.6 Å². The molecule has 1 aliphatic carbocycles. The van der Waals surface area contributed by atoms with Crippen molar-refractivity contribution >= 4 is 5.91 Å². The van der Waals surface area contributed by atoms with Crippen LogP contribution in [0.15, 0.2) is 6.07 Å². The summed E-state index contributed by atoms with van der Waals surface area (Å²) in [7, 11) is 0. The summed E-state index contributed by atoms with van der Waals surface area (Å²) in [5.74, 6) is 0.618. The third-order valence-electron chi connectivity index (χ3n) is 4.10. The van der Waals surface area contributed by atoms with E-state index in [0.717, 1.165) is 13.0 Å². The minimum atomic E-state index is -0.0855. The van der Waals surface area contributed by atoms with Gasteiger partial charge in [-0.3, -0.25) is 9.48 Å². The zero-order chi connectivity index (χ0) is 14.5. The van der Waals surface area contributed by atoms with Gasteiger partial charge in [-0.1, -0.05) is 0 Å². The summed E-state index contributed by atoms with van der Waals surface area (Å²) in [6.45, 7) is 7.80. The van der Waals surface area contributed by atoms with Crippen LogP contribution in [0.2, 0.25) is 0 Å². The van der Waals surface area contributed by atoms with E-state index in [0.29, 0.717) is 18.2 Å². The number of carbonyl (C=O) groups is 1. The molecule has 1 aromatic heterocycles. The number of amides is 1. The highest BCUT2D eigenvalue weighted by Gasteiger charge is 2.34. The molecule has 2 fully saturated rings. The molecule has 2 heterocycles. The molecule has 5 nitrogen and oxygen atoms in total. The van der Waals surface area contributed by atoms with Gasteiger partial charge in [0.25, 0.3) is 5.91 Å². The Hall–Kier alpha value is -1.36. The first-order chi connectivity index (χ1) is 9.36. The highest BCUT2D eigenvalue weighted by atomic mass is 16.2.